The largest absolute Gasteiger partial charge is 0.342 e. The van der Waals surface area contributed by atoms with Crippen molar-refractivity contribution >= 4 is 5.91 Å². The van der Waals surface area contributed by atoms with Crippen molar-refractivity contribution in [3.8, 4) is 11.4 Å². The van der Waals surface area contributed by atoms with Gasteiger partial charge in [0.1, 0.15) is 6.42 Å². The van der Waals surface area contributed by atoms with Crippen molar-refractivity contribution in [2.45, 2.75) is 40.0 Å². The lowest BCUT2D eigenvalue weighted by Gasteiger charge is -2.20. The summed E-state index contributed by atoms with van der Waals surface area (Å²) in [7, 11) is 0. The number of carbonyl (C=O) groups is 1. The molecular weight excluding hydrogens is 278 g/mol. The molecule has 0 saturated carbocycles. The topological polar surface area (TPSA) is 59.2 Å². The van der Waals surface area contributed by atoms with E-state index in [-0.39, 0.29) is 12.3 Å². The number of benzene rings is 1. The van der Waals surface area contributed by atoms with Crippen LogP contribution in [0.1, 0.15) is 38.1 Å². The molecule has 0 aliphatic rings. The van der Waals surface area contributed by atoms with Crippen molar-refractivity contribution in [3.63, 3.8) is 0 Å². The number of aryl methyl sites for hydroxylation is 1. The first-order valence-corrected chi connectivity index (χ1v) is 7.82. The third-order valence-corrected chi connectivity index (χ3v) is 3.50. The van der Waals surface area contributed by atoms with E-state index >= 15 is 0 Å². The van der Waals surface area contributed by atoms with Gasteiger partial charge < -0.3 is 9.42 Å². The first-order valence-electron chi connectivity index (χ1n) is 7.82. The second-order valence-electron chi connectivity index (χ2n) is 5.38. The Morgan fingerprint density at radius 1 is 1.18 bits per heavy atom. The van der Waals surface area contributed by atoms with Crippen molar-refractivity contribution in [2.24, 2.45) is 0 Å². The van der Waals surface area contributed by atoms with Crippen LogP contribution in [0.3, 0.4) is 0 Å². The fraction of sp³-hybridized carbons (Fsp3) is 0.471. The average Bonchev–Trinajstić information content (AvgIpc) is 2.95. The van der Waals surface area contributed by atoms with E-state index in [9.17, 15) is 4.79 Å². The van der Waals surface area contributed by atoms with Gasteiger partial charge in [-0.15, -0.1) is 0 Å². The molecule has 1 amide bonds. The Kier molecular flexibility index (Phi) is 5.69. The van der Waals surface area contributed by atoms with Crippen LogP contribution < -0.4 is 0 Å². The summed E-state index contributed by atoms with van der Waals surface area (Å²) in [6, 6.07) is 7.86. The van der Waals surface area contributed by atoms with Gasteiger partial charge in [-0.05, 0) is 25.3 Å². The molecule has 22 heavy (non-hydrogen) atoms. The van der Waals surface area contributed by atoms with Gasteiger partial charge in [-0.3, -0.25) is 4.79 Å². The minimum atomic E-state index is 0.0451. The lowest BCUT2D eigenvalue weighted by molar-refractivity contribution is -0.130. The molecule has 5 heteroatoms. The summed E-state index contributed by atoms with van der Waals surface area (Å²) in [5.41, 5.74) is 2.02. The molecule has 0 aliphatic heterocycles. The lowest BCUT2D eigenvalue weighted by atomic mass is 10.1. The van der Waals surface area contributed by atoms with Crippen LogP contribution in [-0.4, -0.2) is 34.0 Å². The third kappa shape index (κ3) is 3.93. The Balaban J connectivity index is 2.08. The molecule has 0 spiro atoms. The van der Waals surface area contributed by atoms with E-state index in [4.69, 9.17) is 4.52 Å². The van der Waals surface area contributed by atoms with Gasteiger partial charge in [-0.25, -0.2) is 0 Å². The Bertz CT molecular complexity index is 616. The predicted molar refractivity (Wildman–Crippen MR) is 85.3 cm³/mol. The zero-order chi connectivity index (χ0) is 15.9. The summed E-state index contributed by atoms with van der Waals surface area (Å²) in [6.45, 7) is 7.68. The maximum Gasteiger partial charge on any atom is 0.236 e. The second-order valence-corrected chi connectivity index (χ2v) is 5.38. The van der Waals surface area contributed by atoms with Gasteiger partial charge in [-0.1, -0.05) is 43.3 Å². The van der Waals surface area contributed by atoms with Crippen molar-refractivity contribution in [1.29, 1.82) is 0 Å². The number of nitrogens with zero attached hydrogens (tertiary/aromatic N) is 3. The first-order chi connectivity index (χ1) is 10.7. The maximum absolute atomic E-state index is 12.3. The number of aromatic nitrogens is 2. The van der Waals surface area contributed by atoms with Crippen molar-refractivity contribution < 1.29 is 9.32 Å². The van der Waals surface area contributed by atoms with Crippen LogP contribution in [0.15, 0.2) is 28.8 Å². The molecule has 1 aromatic heterocycles. The zero-order valence-electron chi connectivity index (χ0n) is 13.5. The highest BCUT2D eigenvalue weighted by molar-refractivity contribution is 5.78. The molecule has 0 unspecified atom stereocenters. The van der Waals surface area contributed by atoms with Gasteiger partial charge in [0.15, 0.2) is 0 Å². The van der Waals surface area contributed by atoms with Gasteiger partial charge in [0.2, 0.25) is 17.6 Å². The van der Waals surface area contributed by atoms with E-state index in [2.05, 4.69) is 24.0 Å². The SMILES string of the molecule is CCCN(CCC)C(=O)Cc1nc(-c2ccccc2C)no1. The van der Waals surface area contributed by atoms with E-state index < -0.39 is 0 Å². The molecule has 2 rings (SSSR count). The van der Waals surface area contributed by atoms with E-state index in [1.165, 1.54) is 0 Å². The quantitative estimate of drug-likeness (QED) is 0.787. The molecule has 118 valence electrons. The van der Waals surface area contributed by atoms with Crippen molar-refractivity contribution in [2.75, 3.05) is 13.1 Å². The van der Waals surface area contributed by atoms with Crippen molar-refractivity contribution in [1.82, 2.24) is 15.0 Å². The van der Waals surface area contributed by atoms with Crippen LogP contribution in [-0.2, 0) is 11.2 Å². The molecule has 0 radical (unpaired) electrons. The summed E-state index contributed by atoms with van der Waals surface area (Å²) < 4.78 is 5.24. The number of hydrogen-bond donors (Lipinski definition) is 0. The first kappa shape index (κ1) is 16.2. The lowest BCUT2D eigenvalue weighted by Crippen LogP contribution is -2.33. The smallest absolute Gasteiger partial charge is 0.236 e. The average molecular weight is 301 g/mol. The highest BCUT2D eigenvalue weighted by Crippen LogP contribution is 2.20. The fourth-order valence-electron chi connectivity index (χ4n) is 2.40. The van der Waals surface area contributed by atoms with Gasteiger partial charge in [0.25, 0.3) is 0 Å². The molecular formula is C17H23N3O2. The number of hydrogen-bond acceptors (Lipinski definition) is 4. The molecule has 0 atom stereocenters. The summed E-state index contributed by atoms with van der Waals surface area (Å²) >= 11 is 0. The predicted octanol–water partition coefficient (Wildman–Crippen LogP) is 3.24. The fourth-order valence-corrected chi connectivity index (χ4v) is 2.40. The van der Waals surface area contributed by atoms with Crippen LogP contribution in [0.2, 0.25) is 0 Å². The Morgan fingerprint density at radius 3 is 2.50 bits per heavy atom. The zero-order valence-corrected chi connectivity index (χ0v) is 13.5. The monoisotopic (exact) mass is 301 g/mol. The summed E-state index contributed by atoms with van der Waals surface area (Å²) in [4.78, 5) is 18.5. The second kappa shape index (κ2) is 7.73. The molecule has 0 saturated heterocycles. The highest BCUT2D eigenvalue weighted by Gasteiger charge is 2.17. The summed E-state index contributed by atoms with van der Waals surface area (Å²) in [5.74, 6) is 0.961. The molecule has 5 nitrogen and oxygen atoms in total. The third-order valence-electron chi connectivity index (χ3n) is 3.50. The molecule has 1 heterocycles. The molecule has 0 N–H and O–H groups in total. The molecule has 0 fully saturated rings. The number of amides is 1. The maximum atomic E-state index is 12.3. The van der Waals surface area contributed by atoms with Crippen LogP contribution in [0.25, 0.3) is 11.4 Å². The van der Waals surface area contributed by atoms with Crippen LogP contribution in [0.5, 0.6) is 0 Å². The highest BCUT2D eigenvalue weighted by atomic mass is 16.5. The molecule has 0 bridgehead atoms. The van der Waals surface area contributed by atoms with E-state index in [1.807, 2.05) is 36.1 Å². The normalized spacial score (nSPS) is 10.7. The van der Waals surface area contributed by atoms with Gasteiger partial charge in [0.05, 0.1) is 0 Å². The molecule has 2 aromatic rings. The summed E-state index contributed by atoms with van der Waals surface area (Å²) in [5, 5.41) is 3.99. The Hall–Kier alpha value is -2.17. The number of rotatable bonds is 7. The standard InChI is InChI=1S/C17H23N3O2/c1-4-10-20(11-5-2)16(21)12-15-18-17(19-22-15)14-9-7-6-8-13(14)3/h6-9H,4-5,10-12H2,1-3H3. The van der Waals surface area contributed by atoms with Gasteiger partial charge in [0, 0.05) is 18.7 Å². The Labute approximate surface area is 131 Å². The van der Waals surface area contributed by atoms with Crippen LogP contribution in [0, 0.1) is 6.92 Å². The minimum Gasteiger partial charge on any atom is -0.342 e. The number of carbonyl (C=O) groups excluding carboxylic acids is 1. The van der Waals surface area contributed by atoms with Gasteiger partial charge >= 0.3 is 0 Å². The molecule has 0 aliphatic carbocycles. The summed E-state index contributed by atoms with van der Waals surface area (Å²) in [6.07, 6.45) is 2.06. The van der Waals surface area contributed by atoms with Crippen LogP contribution in [0.4, 0.5) is 0 Å². The van der Waals surface area contributed by atoms with E-state index in [1.54, 1.807) is 0 Å². The Morgan fingerprint density at radius 2 is 1.86 bits per heavy atom. The van der Waals surface area contributed by atoms with E-state index in [0.29, 0.717) is 11.7 Å². The van der Waals surface area contributed by atoms with Crippen molar-refractivity contribution in [3.05, 3.63) is 35.7 Å². The van der Waals surface area contributed by atoms with Gasteiger partial charge in [-0.2, -0.15) is 4.98 Å². The van der Waals surface area contributed by atoms with Crippen LogP contribution >= 0.6 is 0 Å². The minimum absolute atomic E-state index is 0.0451. The van der Waals surface area contributed by atoms with E-state index in [0.717, 1.165) is 37.1 Å². The molecule has 1 aromatic carbocycles.